The fourth-order valence-corrected chi connectivity index (χ4v) is 4.65. The second-order valence-corrected chi connectivity index (χ2v) is 8.17. The van der Waals surface area contributed by atoms with Crippen LogP contribution in [-0.2, 0) is 24.2 Å². The molecule has 2 heterocycles. The van der Waals surface area contributed by atoms with E-state index in [1.807, 2.05) is 6.92 Å². The van der Waals surface area contributed by atoms with Crippen molar-refractivity contribution in [1.29, 1.82) is 0 Å². The van der Waals surface area contributed by atoms with Gasteiger partial charge in [0.15, 0.2) is 0 Å². The van der Waals surface area contributed by atoms with Crippen LogP contribution in [0.4, 0.5) is 0 Å². The Balaban J connectivity index is 1.61. The highest BCUT2D eigenvalue weighted by Crippen LogP contribution is 2.39. The fourth-order valence-electron chi connectivity index (χ4n) is 4.65. The Kier molecular flexibility index (Phi) is 4.78. The number of aromatic nitrogens is 1. The van der Waals surface area contributed by atoms with Gasteiger partial charge in [-0.2, -0.15) is 0 Å². The number of ether oxygens (including phenoxy) is 1. The number of amides is 1. The first-order valence-corrected chi connectivity index (χ1v) is 10.9. The maximum absolute atomic E-state index is 12.1. The van der Waals surface area contributed by atoms with Crippen molar-refractivity contribution in [3.8, 4) is 17.0 Å². The summed E-state index contributed by atoms with van der Waals surface area (Å²) >= 11 is 0. The third kappa shape index (κ3) is 3.41. The van der Waals surface area contributed by atoms with Crippen LogP contribution in [0.15, 0.2) is 42.5 Å². The number of benzene rings is 2. The summed E-state index contributed by atoms with van der Waals surface area (Å²) in [4.78, 5) is 12.1. The van der Waals surface area contributed by atoms with Crippen molar-refractivity contribution in [3.63, 3.8) is 0 Å². The van der Waals surface area contributed by atoms with Gasteiger partial charge < -0.3 is 14.6 Å². The monoisotopic (exact) mass is 388 g/mol. The molecule has 29 heavy (non-hydrogen) atoms. The molecular weight excluding hydrogens is 360 g/mol. The van der Waals surface area contributed by atoms with Crippen LogP contribution in [-0.4, -0.2) is 23.6 Å². The smallest absolute Gasteiger partial charge is 0.223 e. The van der Waals surface area contributed by atoms with Crippen molar-refractivity contribution in [2.24, 2.45) is 5.92 Å². The highest BCUT2D eigenvalue weighted by atomic mass is 16.5. The average Bonchev–Trinajstić information content (AvgIpc) is 3.55. The van der Waals surface area contributed by atoms with Crippen LogP contribution >= 0.6 is 0 Å². The molecule has 150 valence electrons. The van der Waals surface area contributed by atoms with Crippen molar-refractivity contribution < 1.29 is 9.53 Å². The van der Waals surface area contributed by atoms with Crippen LogP contribution in [0.3, 0.4) is 0 Å². The molecule has 1 fully saturated rings. The molecule has 4 heteroatoms. The molecule has 2 aromatic carbocycles. The van der Waals surface area contributed by atoms with Crippen LogP contribution in [0.5, 0.6) is 5.75 Å². The van der Waals surface area contributed by atoms with Crippen LogP contribution in [0.2, 0.25) is 0 Å². The van der Waals surface area contributed by atoms with E-state index in [9.17, 15) is 4.79 Å². The highest BCUT2D eigenvalue weighted by molar-refractivity contribution is 5.93. The predicted molar refractivity (Wildman–Crippen MR) is 116 cm³/mol. The van der Waals surface area contributed by atoms with Gasteiger partial charge in [-0.15, -0.1) is 0 Å². The van der Waals surface area contributed by atoms with Gasteiger partial charge in [0.05, 0.1) is 12.3 Å². The molecule has 1 aliphatic heterocycles. The molecule has 1 amide bonds. The molecule has 5 rings (SSSR count). The van der Waals surface area contributed by atoms with E-state index in [0.717, 1.165) is 44.4 Å². The molecule has 1 aliphatic carbocycles. The zero-order chi connectivity index (χ0) is 19.8. The molecule has 0 saturated heterocycles. The molecule has 1 aromatic heterocycles. The normalized spacial score (nSPS) is 15.5. The summed E-state index contributed by atoms with van der Waals surface area (Å²) in [5.74, 6) is 1.38. The molecule has 1 N–H and O–H groups in total. The number of hydrogen-bond donors (Lipinski definition) is 1. The highest BCUT2D eigenvalue weighted by Gasteiger charge is 2.29. The average molecular weight is 389 g/mol. The van der Waals surface area contributed by atoms with E-state index >= 15 is 0 Å². The topological polar surface area (TPSA) is 43.3 Å². The van der Waals surface area contributed by atoms with E-state index in [1.165, 1.54) is 33.3 Å². The molecule has 0 radical (unpaired) electrons. The molecular formula is C25H28N2O2. The van der Waals surface area contributed by atoms with E-state index < -0.39 is 0 Å². The van der Waals surface area contributed by atoms with Crippen molar-refractivity contribution >= 4 is 16.8 Å². The molecule has 0 spiro atoms. The Morgan fingerprint density at radius 3 is 2.90 bits per heavy atom. The Hall–Kier alpha value is -2.75. The van der Waals surface area contributed by atoms with E-state index in [0.29, 0.717) is 13.2 Å². The largest absolute Gasteiger partial charge is 0.494 e. The number of hydrogen-bond acceptors (Lipinski definition) is 2. The van der Waals surface area contributed by atoms with E-state index in [1.54, 1.807) is 0 Å². The standard InChI is InChI=1S/C25H28N2O2/c1-2-29-19-11-12-23-22(16-19)21(13-14-26-25(28)18-9-10-18)24-20-8-4-3-6-17(20)7-5-15-27(23)24/h3-4,6,8,11-12,16,18H,2,5,7,9-10,13-15H2,1H3,(H,26,28). The lowest BCUT2D eigenvalue weighted by atomic mass is 9.97. The number of carbonyl (C=O) groups is 1. The van der Waals surface area contributed by atoms with E-state index in [-0.39, 0.29) is 11.8 Å². The summed E-state index contributed by atoms with van der Waals surface area (Å²) in [5, 5.41) is 4.41. The molecule has 1 saturated carbocycles. The Bertz CT molecular complexity index is 1060. The van der Waals surface area contributed by atoms with Gasteiger partial charge in [-0.3, -0.25) is 4.79 Å². The zero-order valence-corrected chi connectivity index (χ0v) is 17.0. The molecule has 0 bridgehead atoms. The number of fused-ring (bicyclic) bond motifs is 5. The Labute approximate surface area is 171 Å². The van der Waals surface area contributed by atoms with Gasteiger partial charge in [0.1, 0.15) is 5.75 Å². The fraction of sp³-hybridized carbons (Fsp3) is 0.400. The molecule has 0 atom stereocenters. The molecule has 2 aliphatic rings. The van der Waals surface area contributed by atoms with Crippen LogP contribution in [0.1, 0.15) is 37.3 Å². The first-order valence-electron chi connectivity index (χ1n) is 10.9. The van der Waals surface area contributed by atoms with Gasteiger partial charge >= 0.3 is 0 Å². The predicted octanol–water partition coefficient (Wildman–Crippen LogP) is 4.72. The van der Waals surface area contributed by atoms with Gasteiger partial charge in [0, 0.05) is 35.5 Å². The first kappa shape index (κ1) is 18.3. The lowest BCUT2D eigenvalue weighted by molar-refractivity contribution is -0.122. The van der Waals surface area contributed by atoms with Gasteiger partial charge in [-0.25, -0.2) is 0 Å². The van der Waals surface area contributed by atoms with Crippen molar-refractivity contribution in [3.05, 3.63) is 53.6 Å². The third-order valence-electron chi connectivity index (χ3n) is 6.17. The van der Waals surface area contributed by atoms with E-state index in [2.05, 4.69) is 52.3 Å². The minimum absolute atomic E-state index is 0.218. The van der Waals surface area contributed by atoms with Crippen molar-refractivity contribution in [1.82, 2.24) is 9.88 Å². The lowest BCUT2D eigenvalue weighted by Gasteiger charge is -2.12. The molecule has 3 aromatic rings. The van der Waals surface area contributed by atoms with Gasteiger partial charge in [0.25, 0.3) is 0 Å². The molecule has 0 unspecified atom stereocenters. The summed E-state index contributed by atoms with van der Waals surface area (Å²) in [5.41, 5.74) is 6.67. The van der Waals surface area contributed by atoms with E-state index in [4.69, 9.17) is 4.74 Å². The SMILES string of the molecule is CCOc1ccc2c(c1)c(CCNC(=O)C1CC1)c1n2CCCc2ccccc2-1. The summed E-state index contributed by atoms with van der Waals surface area (Å²) in [6.45, 7) is 4.38. The van der Waals surface area contributed by atoms with Gasteiger partial charge in [-0.05, 0) is 68.4 Å². The van der Waals surface area contributed by atoms with Crippen LogP contribution < -0.4 is 10.1 Å². The second-order valence-electron chi connectivity index (χ2n) is 8.17. The summed E-state index contributed by atoms with van der Waals surface area (Å²) in [7, 11) is 0. The number of aryl methyl sites for hydroxylation is 2. The number of carbonyl (C=O) groups excluding carboxylic acids is 1. The third-order valence-corrected chi connectivity index (χ3v) is 6.17. The van der Waals surface area contributed by atoms with Crippen LogP contribution in [0, 0.1) is 5.92 Å². The Morgan fingerprint density at radius 2 is 2.07 bits per heavy atom. The lowest BCUT2D eigenvalue weighted by Crippen LogP contribution is -2.27. The van der Waals surface area contributed by atoms with Crippen LogP contribution in [0.25, 0.3) is 22.2 Å². The minimum atomic E-state index is 0.218. The summed E-state index contributed by atoms with van der Waals surface area (Å²) in [6, 6.07) is 15.2. The summed E-state index contributed by atoms with van der Waals surface area (Å²) < 4.78 is 8.28. The molecule has 4 nitrogen and oxygen atoms in total. The zero-order valence-electron chi connectivity index (χ0n) is 17.0. The maximum Gasteiger partial charge on any atom is 0.223 e. The first-order chi connectivity index (χ1) is 14.3. The van der Waals surface area contributed by atoms with Crippen molar-refractivity contribution in [2.45, 2.75) is 45.6 Å². The second kappa shape index (κ2) is 7.58. The minimum Gasteiger partial charge on any atom is -0.494 e. The van der Waals surface area contributed by atoms with Gasteiger partial charge in [-0.1, -0.05) is 24.3 Å². The number of rotatable bonds is 6. The van der Waals surface area contributed by atoms with Crippen molar-refractivity contribution in [2.75, 3.05) is 13.2 Å². The maximum atomic E-state index is 12.1. The number of nitrogens with zero attached hydrogens (tertiary/aromatic N) is 1. The summed E-state index contributed by atoms with van der Waals surface area (Å²) in [6.07, 6.45) is 5.16. The quantitative estimate of drug-likeness (QED) is 0.664. The Morgan fingerprint density at radius 1 is 1.21 bits per heavy atom. The van der Waals surface area contributed by atoms with Gasteiger partial charge in [0.2, 0.25) is 5.91 Å². The number of nitrogens with one attached hydrogen (secondary N) is 1.